The fraction of sp³-hybridized carbons (Fsp3) is 0.0833. The van der Waals surface area contributed by atoms with Gasteiger partial charge >= 0.3 is 0 Å². The van der Waals surface area contributed by atoms with E-state index in [0.717, 1.165) is 26.5 Å². The number of benzene rings is 1. The van der Waals surface area contributed by atoms with Crippen molar-refractivity contribution in [2.45, 2.75) is 10.1 Å². The maximum absolute atomic E-state index is 5.95. The van der Waals surface area contributed by atoms with Crippen LogP contribution in [0, 0.1) is 0 Å². The molecule has 0 bridgehead atoms. The predicted molar refractivity (Wildman–Crippen MR) is 71.3 cm³/mol. The van der Waals surface area contributed by atoms with E-state index in [9.17, 15) is 0 Å². The molecule has 0 saturated carbocycles. The monoisotopic (exact) mass is 257 g/mol. The summed E-state index contributed by atoms with van der Waals surface area (Å²) in [6, 6.07) is 5.85. The van der Waals surface area contributed by atoms with E-state index in [1.807, 2.05) is 29.8 Å². The maximum Gasteiger partial charge on any atom is 0.195 e. The second-order valence-electron chi connectivity index (χ2n) is 3.90. The topological polar surface area (TPSA) is 69.6 Å². The van der Waals surface area contributed by atoms with Crippen molar-refractivity contribution in [1.82, 2.24) is 19.7 Å². The molecule has 18 heavy (non-hydrogen) atoms. The summed E-state index contributed by atoms with van der Waals surface area (Å²) < 4.78 is 1.88. The van der Waals surface area contributed by atoms with Gasteiger partial charge in [-0.1, -0.05) is 0 Å². The smallest absolute Gasteiger partial charge is 0.195 e. The largest absolute Gasteiger partial charge is 0.398 e. The maximum atomic E-state index is 5.95. The summed E-state index contributed by atoms with van der Waals surface area (Å²) >= 11 is 1.57. The van der Waals surface area contributed by atoms with Crippen LogP contribution in [0.3, 0.4) is 0 Å². The summed E-state index contributed by atoms with van der Waals surface area (Å²) in [6.07, 6.45) is 5.23. The number of pyridine rings is 1. The first-order valence-electron chi connectivity index (χ1n) is 5.40. The van der Waals surface area contributed by atoms with Crippen LogP contribution in [0.15, 0.2) is 47.0 Å². The Balaban J connectivity index is 2.13. The van der Waals surface area contributed by atoms with E-state index in [0.29, 0.717) is 0 Å². The summed E-state index contributed by atoms with van der Waals surface area (Å²) in [4.78, 5) is 5.20. The molecule has 6 heteroatoms. The Bertz CT molecular complexity index is 707. The van der Waals surface area contributed by atoms with Crippen molar-refractivity contribution < 1.29 is 0 Å². The molecule has 0 spiro atoms. The Morgan fingerprint density at radius 2 is 2.11 bits per heavy atom. The summed E-state index contributed by atoms with van der Waals surface area (Å²) in [5.74, 6) is 0. The van der Waals surface area contributed by atoms with Gasteiger partial charge in [0.25, 0.3) is 0 Å². The molecule has 2 heterocycles. The lowest BCUT2D eigenvalue weighted by atomic mass is 10.1. The van der Waals surface area contributed by atoms with Crippen LogP contribution in [0.5, 0.6) is 0 Å². The molecular weight excluding hydrogens is 246 g/mol. The van der Waals surface area contributed by atoms with Crippen molar-refractivity contribution in [3.63, 3.8) is 0 Å². The minimum atomic E-state index is 0.736. The summed E-state index contributed by atoms with van der Waals surface area (Å²) in [5, 5.41) is 10.8. The van der Waals surface area contributed by atoms with E-state index in [1.165, 1.54) is 0 Å². The van der Waals surface area contributed by atoms with Gasteiger partial charge in [-0.3, -0.25) is 4.98 Å². The third kappa shape index (κ3) is 1.80. The number of hydrogen-bond acceptors (Lipinski definition) is 5. The molecule has 0 aliphatic heterocycles. The Hall–Kier alpha value is -2.08. The van der Waals surface area contributed by atoms with Crippen molar-refractivity contribution in [3.05, 3.63) is 36.9 Å². The van der Waals surface area contributed by atoms with Crippen molar-refractivity contribution in [2.75, 3.05) is 5.73 Å². The van der Waals surface area contributed by atoms with Gasteiger partial charge in [-0.05, 0) is 30.0 Å². The van der Waals surface area contributed by atoms with Crippen LogP contribution in [-0.2, 0) is 7.05 Å². The van der Waals surface area contributed by atoms with E-state index in [-0.39, 0.29) is 0 Å². The van der Waals surface area contributed by atoms with E-state index in [2.05, 4.69) is 15.2 Å². The van der Waals surface area contributed by atoms with Gasteiger partial charge in [0.1, 0.15) is 6.33 Å². The molecule has 0 aliphatic rings. The quantitative estimate of drug-likeness (QED) is 0.712. The SMILES string of the molecule is Cn1cnnc1Sc1ccc(N)c2cnccc12. The lowest BCUT2D eigenvalue weighted by Gasteiger charge is -2.07. The molecule has 2 N–H and O–H groups in total. The number of hydrogen-bond donors (Lipinski definition) is 1. The third-order valence-corrected chi connectivity index (χ3v) is 3.81. The van der Waals surface area contributed by atoms with Gasteiger partial charge in [-0.25, -0.2) is 0 Å². The van der Waals surface area contributed by atoms with Gasteiger partial charge in [0.2, 0.25) is 0 Å². The number of fused-ring (bicyclic) bond motifs is 1. The van der Waals surface area contributed by atoms with Crippen LogP contribution in [0.25, 0.3) is 10.8 Å². The molecular formula is C12H11N5S. The lowest BCUT2D eigenvalue weighted by molar-refractivity contribution is 0.789. The molecule has 90 valence electrons. The number of nitrogens with zero attached hydrogens (tertiary/aromatic N) is 4. The van der Waals surface area contributed by atoms with Crippen molar-refractivity contribution in [2.24, 2.45) is 7.05 Å². The average molecular weight is 257 g/mol. The van der Waals surface area contributed by atoms with Gasteiger partial charge in [-0.2, -0.15) is 0 Å². The van der Waals surface area contributed by atoms with Gasteiger partial charge in [0.05, 0.1) is 0 Å². The molecule has 0 atom stereocenters. The van der Waals surface area contributed by atoms with Gasteiger partial charge in [0, 0.05) is 40.8 Å². The van der Waals surface area contributed by atoms with Crippen LogP contribution in [0.1, 0.15) is 0 Å². The van der Waals surface area contributed by atoms with Gasteiger partial charge < -0.3 is 10.3 Å². The first-order chi connectivity index (χ1) is 8.75. The van der Waals surface area contributed by atoms with E-state index < -0.39 is 0 Å². The highest BCUT2D eigenvalue weighted by molar-refractivity contribution is 7.99. The number of anilines is 1. The summed E-state index contributed by atoms with van der Waals surface area (Å²) in [5.41, 5.74) is 6.68. The van der Waals surface area contributed by atoms with Crippen LogP contribution in [-0.4, -0.2) is 19.7 Å². The molecule has 3 aromatic rings. The molecule has 2 aromatic heterocycles. The number of aromatic nitrogens is 4. The minimum absolute atomic E-state index is 0.736. The zero-order valence-electron chi connectivity index (χ0n) is 9.74. The first-order valence-corrected chi connectivity index (χ1v) is 6.21. The van der Waals surface area contributed by atoms with Crippen molar-refractivity contribution in [3.8, 4) is 0 Å². The molecule has 0 saturated heterocycles. The van der Waals surface area contributed by atoms with Crippen molar-refractivity contribution >= 4 is 28.2 Å². The highest BCUT2D eigenvalue weighted by atomic mass is 32.2. The molecule has 3 rings (SSSR count). The normalized spacial score (nSPS) is 10.9. The average Bonchev–Trinajstić information content (AvgIpc) is 2.79. The van der Waals surface area contributed by atoms with Crippen molar-refractivity contribution in [1.29, 1.82) is 0 Å². The third-order valence-electron chi connectivity index (χ3n) is 2.68. The minimum Gasteiger partial charge on any atom is -0.398 e. The zero-order valence-corrected chi connectivity index (χ0v) is 10.6. The first kappa shape index (κ1) is 11.0. The Morgan fingerprint density at radius 3 is 2.89 bits per heavy atom. The van der Waals surface area contributed by atoms with Crippen LogP contribution >= 0.6 is 11.8 Å². The standard InChI is InChI=1S/C12H11N5S/c1-17-7-15-16-12(17)18-11-3-2-10(13)9-6-14-5-4-8(9)11/h2-7H,13H2,1H3. The number of aryl methyl sites for hydroxylation is 1. The zero-order chi connectivity index (χ0) is 12.5. The van der Waals surface area contributed by atoms with Crippen LogP contribution in [0.4, 0.5) is 5.69 Å². The molecule has 0 radical (unpaired) electrons. The summed E-state index contributed by atoms with van der Waals surface area (Å²) in [7, 11) is 1.92. The Morgan fingerprint density at radius 1 is 1.22 bits per heavy atom. The number of rotatable bonds is 2. The predicted octanol–water partition coefficient (Wildman–Crippen LogP) is 2.10. The number of nitrogen functional groups attached to an aromatic ring is 1. The second kappa shape index (κ2) is 4.30. The molecule has 1 aromatic carbocycles. The highest BCUT2D eigenvalue weighted by Crippen LogP contribution is 2.34. The van der Waals surface area contributed by atoms with E-state index in [4.69, 9.17) is 5.73 Å². The highest BCUT2D eigenvalue weighted by Gasteiger charge is 2.08. The van der Waals surface area contributed by atoms with E-state index >= 15 is 0 Å². The molecule has 5 nitrogen and oxygen atoms in total. The molecule has 0 aliphatic carbocycles. The van der Waals surface area contributed by atoms with Crippen LogP contribution in [0.2, 0.25) is 0 Å². The van der Waals surface area contributed by atoms with Gasteiger partial charge in [0.15, 0.2) is 5.16 Å². The molecule has 0 unspecified atom stereocenters. The second-order valence-corrected chi connectivity index (χ2v) is 4.91. The van der Waals surface area contributed by atoms with Crippen LogP contribution < -0.4 is 5.73 Å². The van der Waals surface area contributed by atoms with E-state index in [1.54, 1.807) is 30.5 Å². The molecule has 0 amide bonds. The molecule has 0 fully saturated rings. The number of nitrogens with two attached hydrogens (primary N) is 1. The fourth-order valence-electron chi connectivity index (χ4n) is 1.74. The fourth-order valence-corrected chi connectivity index (χ4v) is 2.64. The summed E-state index contributed by atoms with van der Waals surface area (Å²) in [6.45, 7) is 0. The lowest BCUT2D eigenvalue weighted by Crippen LogP contribution is -1.91. The van der Waals surface area contributed by atoms with Gasteiger partial charge in [-0.15, -0.1) is 10.2 Å². The Labute approximate surface area is 108 Å². The Kier molecular flexibility index (Phi) is 2.64.